The van der Waals surface area contributed by atoms with E-state index in [0.717, 1.165) is 37.6 Å². The van der Waals surface area contributed by atoms with Crippen LogP contribution in [0.2, 0.25) is 0 Å². The van der Waals surface area contributed by atoms with Gasteiger partial charge in [-0.25, -0.2) is 8.78 Å². The van der Waals surface area contributed by atoms with Crippen LogP contribution in [0.1, 0.15) is 18.4 Å². The first-order valence-corrected chi connectivity index (χ1v) is 6.09. The lowest BCUT2D eigenvalue weighted by Crippen LogP contribution is -2.37. The summed E-state index contributed by atoms with van der Waals surface area (Å²) in [5.74, 6) is -1.37. The van der Waals surface area contributed by atoms with Crippen molar-refractivity contribution in [2.24, 2.45) is 0 Å². The first kappa shape index (κ1) is 15.9. The monoisotopic (exact) mass is 290 g/mol. The van der Waals surface area contributed by atoms with E-state index in [9.17, 15) is 13.6 Å². The Kier molecular flexibility index (Phi) is 6.18. The first-order valence-electron chi connectivity index (χ1n) is 6.09. The zero-order chi connectivity index (χ0) is 13.0. The SMILES string of the molecule is Cl.O=C(Cc1cc(F)ccc1F)NCC1CCCN1. The highest BCUT2D eigenvalue weighted by atomic mass is 35.5. The number of halogens is 3. The summed E-state index contributed by atoms with van der Waals surface area (Å²) in [6, 6.07) is 3.43. The molecule has 6 heteroatoms. The van der Waals surface area contributed by atoms with Gasteiger partial charge in [-0.1, -0.05) is 0 Å². The highest BCUT2D eigenvalue weighted by Crippen LogP contribution is 2.10. The molecule has 0 bridgehead atoms. The van der Waals surface area contributed by atoms with Gasteiger partial charge in [-0.15, -0.1) is 12.4 Å². The van der Waals surface area contributed by atoms with E-state index in [1.807, 2.05) is 0 Å². The van der Waals surface area contributed by atoms with Gasteiger partial charge in [-0.2, -0.15) is 0 Å². The van der Waals surface area contributed by atoms with Crippen LogP contribution in [0, 0.1) is 11.6 Å². The van der Waals surface area contributed by atoms with Gasteiger partial charge in [0.2, 0.25) is 5.91 Å². The Bertz CT molecular complexity index is 437. The van der Waals surface area contributed by atoms with Crippen molar-refractivity contribution in [3.8, 4) is 0 Å². The number of hydrogen-bond acceptors (Lipinski definition) is 2. The fraction of sp³-hybridized carbons (Fsp3) is 0.462. The van der Waals surface area contributed by atoms with Gasteiger partial charge in [-0.05, 0) is 37.6 Å². The molecule has 1 heterocycles. The van der Waals surface area contributed by atoms with E-state index >= 15 is 0 Å². The van der Waals surface area contributed by atoms with Crippen molar-refractivity contribution in [1.29, 1.82) is 0 Å². The van der Waals surface area contributed by atoms with Crippen LogP contribution in [0.25, 0.3) is 0 Å². The number of hydrogen-bond donors (Lipinski definition) is 2. The van der Waals surface area contributed by atoms with Gasteiger partial charge in [0, 0.05) is 18.2 Å². The van der Waals surface area contributed by atoms with E-state index in [2.05, 4.69) is 10.6 Å². The van der Waals surface area contributed by atoms with Gasteiger partial charge in [-0.3, -0.25) is 4.79 Å². The van der Waals surface area contributed by atoms with Crippen molar-refractivity contribution >= 4 is 18.3 Å². The van der Waals surface area contributed by atoms with E-state index < -0.39 is 11.6 Å². The van der Waals surface area contributed by atoms with Crippen LogP contribution < -0.4 is 10.6 Å². The van der Waals surface area contributed by atoms with Crippen molar-refractivity contribution in [2.45, 2.75) is 25.3 Å². The van der Waals surface area contributed by atoms with Crippen LogP contribution in [0.3, 0.4) is 0 Å². The Morgan fingerprint density at radius 1 is 1.42 bits per heavy atom. The molecule has 19 heavy (non-hydrogen) atoms. The highest BCUT2D eigenvalue weighted by molar-refractivity contribution is 5.85. The number of amides is 1. The maximum atomic E-state index is 13.3. The van der Waals surface area contributed by atoms with Crippen molar-refractivity contribution in [2.75, 3.05) is 13.1 Å². The Labute approximate surface area is 117 Å². The minimum absolute atomic E-state index is 0. The summed E-state index contributed by atoms with van der Waals surface area (Å²) in [5.41, 5.74) is 0.0897. The molecule has 0 spiro atoms. The highest BCUT2D eigenvalue weighted by Gasteiger charge is 2.15. The van der Waals surface area contributed by atoms with Crippen LogP contribution in [0.15, 0.2) is 18.2 Å². The Hall–Kier alpha value is -1.20. The quantitative estimate of drug-likeness (QED) is 0.888. The topological polar surface area (TPSA) is 41.1 Å². The van der Waals surface area contributed by atoms with Gasteiger partial charge in [0.1, 0.15) is 11.6 Å². The Balaban J connectivity index is 0.00000180. The molecule has 1 aliphatic heterocycles. The third kappa shape index (κ3) is 4.76. The second-order valence-electron chi connectivity index (χ2n) is 4.51. The predicted molar refractivity (Wildman–Crippen MR) is 71.3 cm³/mol. The van der Waals surface area contributed by atoms with E-state index in [1.165, 1.54) is 0 Å². The summed E-state index contributed by atoms with van der Waals surface area (Å²) in [6.07, 6.45) is 2.02. The molecule has 1 fully saturated rings. The Morgan fingerprint density at radius 3 is 2.89 bits per heavy atom. The third-order valence-corrected chi connectivity index (χ3v) is 3.07. The molecule has 1 atom stereocenters. The number of nitrogens with one attached hydrogen (secondary N) is 2. The number of carbonyl (C=O) groups is 1. The van der Waals surface area contributed by atoms with Crippen molar-refractivity contribution in [1.82, 2.24) is 10.6 Å². The van der Waals surface area contributed by atoms with Gasteiger partial charge < -0.3 is 10.6 Å². The first-order chi connectivity index (χ1) is 8.65. The molecule has 0 saturated carbocycles. The van der Waals surface area contributed by atoms with E-state index in [1.54, 1.807) is 0 Å². The lowest BCUT2D eigenvalue weighted by molar-refractivity contribution is -0.120. The standard InChI is InChI=1S/C13H16F2N2O.ClH/c14-10-3-4-12(15)9(6-10)7-13(18)17-8-11-2-1-5-16-11;/h3-4,6,11,16H,1-2,5,7-8H2,(H,17,18);1H. The summed E-state index contributed by atoms with van der Waals surface area (Å²) in [6.45, 7) is 1.51. The molecule has 1 aromatic carbocycles. The van der Waals surface area contributed by atoms with Gasteiger partial charge >= 0.3 is 0 Å². The molecule has 0 aromatic heterocycles. The molecule has 1 unspecified atom stereocenters. The molecule has 0 aliphatic carbocycles. The molecular formula is C13H17ClF2N2O. The predicted octanol–water partition coefficient (Wildman–Crippen LogP) is 1.80. The minimum atomic E-state index is -0.550. The summed E-state index contributed by atoms with van der Waals surface area (Å²) >= 11 is 0. The molecule has 1 saturated heterocycles. The normalized spacial score (nSPS) is 17.9. The summed E-state index contributed by atoms with van der Waals surface area (Å²) in [7, 11) is 0. The molecule has 0 radical (unpaired) electrons. The van der Waals surface area contributed by atoms with Gasteiger partial charge in [0.05, 0.1) is 6.42 Å². The summed E-state index contributed by atoms with van der Waals surface area (Å²) in [4.78, 5) is 11.6. The van der Waals surface area contributed by atoms with Crippen LogP contribution in [0.4, 0.5) is 8.78 Å². The average Bonchev–Trinajstić information content (AvgIpc) is 2.84. The molecule has 3 nitrogen and oxygen atoms in total. The molecule has 106 valence electrons. The molecular weight excluding hydrogens is 274 g/mol. The van der Waals surface area contributed by atoms with Crippen molar-refractivity contribution in [3.63, 3.8) is 0 Å². The van der Waals surface area contributed by atoms with E-state index in [0.29, 0.717) is 12.6 Å². The minimum Gasteiger partial charge on any atom is -0.354 e. The van der Waals surface area contributed by atoms with Crippen LogP contribution in [-0.2, 0) is 11.2 Å². The van der Waals surface area contributed by atoms with Crippen LogP contribution in [-0.4, -0.2) is 25.0 Å². The van der Waals surface area contributed by atoms with Crippen molar-refractivity contribution < 1.29 is 13.6 Å². The number of carbonyl (C=O) groups excluding carboxylic acids is 1. The van der Waals surface area contributed by atoms with Gasteiger partial charge in [0.25, 0.3) is 0 Å². The van der Waals surface area contributed by atoms with Crippen LogP contribution >= 0.6 is 12.4 Å². The third-order valence-electron chi connectivity index (χ3n) is 3.07. The molecule has 1 amide bonds. The maximum absolute atomic E-state index is 13.3. The van der Waals surface area contributed by atoms with Gasteiger partial charge in [0.15, 0.2) is 0 Å². The van der Waals surface area contributed by atoms with Crippen molar-refractivity contribution in [3.05, 3.63) is 35.4 Å². The van der Waals surface area contributed by atoms with Crippen LogP contribution in [0.5, 0.6) is 0 Å². The maximum Gasteiger partial charge on any atom is 0.224 e. The molecule has 2 N–H and O–H groups in total. The fourth-order valence-electron chi connectivity index (χ4n) is 2.08. The van der Waals surface area contributed by atoms with E-state index in [-0.39, 0.29) is 30.3 Å². The second kappa shape index (κ2) is 7.40. The number of benzene rings is 1. The summed E-state index contributed by atoms with van der Waals surface area (Å²) < 4.78 is 26.2. The second-order valence-corrected chi connectivity index (χ2v) is 4.51. The zero-order valence-electron chi connectivity index (χ0n) is 10.4. The van der Waals surface area contributed by atoms with E-state index in [4.69, 9.17) is 0 Å². The molecule has 1 aromatic rings. The Morgan fingerprint density at radius 2 is 2.21 bits per heavy atom. The lowest BCUT2D eigenvalue weighted by Gasteiger charge is -2.11. The average molecular weight is 291 g/mol. The summed E-state index contributed by atoms with van der Waals surface area (Å²) in [5, 5.41) is 5.98. The molecule has 2 rings (SSSR count). The smallest absolute Gasteiger partial charge is 0.224 e. The fourth-order valence-corrected chi connectivity index (χ4v) is 2.08. The lowest BCUT2D eigenvalue weighted by atomic mass is 10.1. The molecule has 1 aliphatic rings. The largest absolute Gasteiger partial charge is 0.354 e. The number of rotatable bonds is 4. The zero-order valence-corrected chi connectivity index (χ0v) is 11.2.